The van der Waals surface area contributed by atoms with Crippen molar-refractivity contribution in [2.75, 3.05) is 4.90 Å². The number of nitrogens with zero attached hydrogens (tertiary/aromatic N) is 2. The van der Waals surface area contributed by atoms with Gasteiger partial charge in [0.25, 0.3) is 0 Å². The Morgan fingerprint density at radius 2 is 0.962 bits per heavy atom. The van der Waals surface area contributed by atoms with Crippen LogP contribution in [0.15, 0.2) is 199 Å². The van der Waals surface area contributed by atoms with Gasteiger partial charge in [0, 0.05) is 33.3 Å². The molecule has 0 spiro atoms. The van der Waals surface area contributed by atoms with E-state index in [0.29, 0.717) is 0 Å². The lowest BCUT2D eigenvalue weighted by Crippen LogP contribution is -2.11. The van der Waals surface area contributed by atoms with Gasteiger partial charge in [-0.3, -0.25) is 0 Å². The van der Waals surface area contributed by atoms with Crippen LogP contribution in [-0.4, -0.2) is 4.98 Å². The maximum atomic E-state index is 6.37. The van der Waals surface area contributed by atoms with E-state index in [9.17, 15) is 0 Å². The Hall–Kier alpha value is -6.75. The maximum absolute atomic E-state index is 6.37. The lowest BCUT2D eigenvalue weighted by molar-refractivity contribution is 0.669. The molecule has 0 amide bonds. The van der Waals surface area contributed by atoms with E-state index in [1.54, 1.807) is 11.3 Å². The number of furan rings is 1. The molecule has 0 atom stereocenters. The summed E-state index contributed by atoms with van der Waals surface area (Å²) >= 11 is 1.72. The van der Waals surface area contributed by atoms with Crippen LogP contribution in [0.2, 0.25) is 0 Å². The van der Waals surface area contributed by atoms with Gasteiger partial charge in [0.15, 0.2) is 0 Å². The average molecular weight is 697 g/mol. The van der Waals surface area contributed by atoms with E-state index < -0.39 is 0 Å². The number of anilines is 3. The summed E-state index contributed by atoms with van der Waals surface area (Å²) in [5, 5.41) is 3.24. The number of hydrogen-bond donors (Lipinski definition) is 0. The zero-order valence-electron chi connectivity index (χ0n) is 28.7. The first-order valence-corrected chi connectivity index (χ1v) is 18.6. The number of thiazole rings is 1. The van der Waals surface area contributed by atoms with Crippen LogP contribution >= 0.6 is 11.3 Å². The van der Waals surface area contributed by atoms with Gasteiger partial charge in [0.05, 0.1) is 15.9 Å². The molecule has 0 unspecified atom stereocenters. The lowest BCUT2D eigenvalue weighted by atomic mass is 10.00. The van der Waals surface area contributed by atoms with Crippen molar-refractivity contribution in [3.8, 4) is 44.0 Å². The van der Waals surface area contributed by atoms with Crippen molar-refractivity contribution in [2.24, 2.45) is 0 Å². The highest BCUT2D eigenvalue weighted by Crippen LogP contribution is 2.43. The van der Waals surface area contributed by atoms with Crippen molar-refractivity contribution in [1.82, 2.24) is 4.98 Å². The highest BCUT2D eigenvalue weighted by molar-refractivity contribution is 7.22. The topological polar surface area (TPSA) is 29.3 Å². The Balaban J connectivity index is 1.06. The largest absolute Gasteiger partial charge is 0.456 e. The number of hydrogen-bond acceptors (Lipinski definition) is 4. The Labute approximate surface area is 311 Å². The van der Waals surface area contributed by atoms with Crippen LogP contribution in [0.25, 0.3) is 76.1 Å². The second-order valence-corrected chi connectivity index (χ2v) is 14.2. The van der Waals surface area contributed by atoms with Gasteiger partial charge in [-0.15, -0.1) is 11.3 Å². The van der Waals surface area contributed by atoms with Gasteiger partial charge in [0.2, 0.25) is 0 Å². The van der Waals surface area contributed by atoms with Crippen molar-refractivity contribution in [1.29, 1.82) is 0 Å². The number of para-hydroxylation sites is 1. The van der Waals surface area contributed by atoms with Crippen LogP contribution in [0.3, 0.4) is 0 Å². The molecule has 8 aromatic carbocycles. The summed E-state index contributed by atoms with van der Waals surface area (Å²) in [6.07, 6.45) is 0. The summed E-state index contributed by atoms with van der Waals surface area (Å²) < 4.78 is 7.52. The minimum atomic E-state index is 0.880. The third-order valence-electron chi connectivity index (χ3n) is 9.93. The molecule has 250 valence electrons. The quantitative estimate of drug-likeness (QED) is 0.166. The molecule has 0 saturated carbocycles. The highest BCUT2D eigenvalue weighted by atomic mass is 32.1. The van der Waals surface area contributed by atoms with Crippen molar-refractivity contribution >= 4 is 60.6 Å². The fourth-order valence-corrected chi connectivity index (χ4v) is 8.45. The minimum absolute atomic E-state index is 0.880. The van der Waals surface area contributed by atoms with E-state index in [1.165, 1.54) is 22.3 Å². The summed E-state index contributed by atoms with van der Waals surface area (Å²) in [5.74, 6) is 0. The molecule has 0 saturated heterocycles. The first-order chi connectivity index (χ1) is 26.3. The van der Waals surface area contributed by atoms with Gasteiger partial charge in [-0.1, -0.05) is 140 Å². The predicted octanol–water partition coefficient (Wildman–Crippen LogP) is 14.3. The second-order valence-electron chi connectivity index (χ2n) is 13.2. The van der Waals surface area contributed by atoms with Gasteiger partial charge >= 0.3 is 0 Å². The van der Waals surface area contributed by atoms with Crippen LogP contribution in [-0.2, 0) is 0 Å². The molecule has 0 aliphatic heterocycles. The fourth-order valence-electron chi connectivity index (χ4n) is 7.32. The Morgan fingerprint density at radius 3 is 1.64 bits per heavy atom. The predicted molar refractivity (Wildman–Crippen MR) is 223 cm³/mol. The van der Waals surface area contributed by atoms with Crippen LogP contribution in [0.5, 0.6) is 0 Å². The molecule has 0 radical (unpaired) electrons. The first-order valence-electron chi connectivity index (χ1n) is 17.8. The van der Waals surface area contributed by atoms with Crippen molar-refractivity contribution in [3.63, 3.8) is 0 Å². The number of benzene rings is 8. The number of fused-ring (bicyclic) bond motifs is 5. The Bertz CT molecular complexity index is 2860. The van der Waals surface area contributed by atoms with Crippen LogP contribution in [0, 0.1) is 0 Å². The van der Waals surface area contributed by atoms with Crippen LogP contribution in [0.1, 0.15) is 0 Å². The zero-order chi connectivity index (χ0) is 35.1. The van der Waals surface area contributed by atoms with E-state index in [-0.39, 0.29) is 0 Å². The first kappa shape index (κ1) is 31.0. The fraction of sp³-hybridized carbons (Fsp3) is 0. The third kappa shape index (κ3) is 5.66. The molecule has 0 fully saturated rings. The number of aromatic nitrogens is 1. The highest BCUT2D eigenvalue weighted by Gasteiger charge is 2.19. The number of rotatable bonds is 7. The summed E-state index contributed by atoms with van der Waals surface area (Å²) in [7, 11) is 0. The zero-order valence-corrected chi connectivity index (χ0v) is 29.5. The molecular formula is C49H32N2OS. The molecule has 2 aromatic heterocycles. The molecule has 10 aromatic rings. The standard InChI is InChI=1S/C49H32N2OS/c1-4-12-33(13-5-1)34-20-25-39(26-21-34)51(44-19-11-10-18-41(44)36-14-6-2-7-15-36)40-27-22-35(23-28-40)38-24-30-45-42(32-38)47-46(52-45)31-29-43-48(47)53-49(50-43)37-16-8-3-9-17-37/h1-32H. The summed E-state index contributed by atoms with van der Waals surface area (Å²) in [5.41, 5.74) is 14.2. The van der Waals surface area contributed by atoms with Crippen molar-refractivity contribution < 1.29 is 4.42 Å². The molecule has 10 rings (SSSR count). The SMILES string of the molecule is c1ccc(-c2ccc(N(c3ccc(-c4ccc5oc6ccc7nc(-c8ccccc8)sc7c6c5c4)cc3)c3ccccc3-c3ccccc3)cc2)cc1. The summed E-state index contributed by atoms with van der Waals surface area (Å²) in [6.45, 7) is 0. The molecule has 0 N–H and O–H groups in total. The normalized spacial score (nSPS) is 11.4. The van der Waals surface area contributed by atoms with Gasteiger partial charge in [0.1, 0.15) is 16.2 Å². The summed E-state index contributed by atoms with van der Waals surface area (Å²) in [6, 6.07) is 68.6. The van der Waals surface area contributed by atoms with E-state index in [2.05, 4.69) is 193 Å². The Morgan fingerprint density at radius 1 is 0.434 bits per heavy atom. The van der Waals surface area contributed by atoms with Crippen LogP contribution < -0.4 is 4.90 Å². The average Bonchev–Trinajstić information content (AvgIpc) is 3.84. The van der Waals surface area contributed by atoms with Crippen molar-refractivity contribution in [3.05, 3.63) is 194 Å². The van der Waals surface area contributed by atoms with Crippen molar-refractivity contribution in [2.45, 2.75) is 0 Å². The van der Waals surface area contributed by atoms with E-state index in [0.717, 1.165) is 70.9 Å². The molecule has 0 aliphatic rings. The monoisotopic (exact) mass is 696 g/mol. The van der Waals surface area contributed by atoms with Gasteiger partial charge < -0.3 is 9.32 Å². The smallest absolute Gasteiger partial charge is 0.137 e. The van der Waals surface area contributed by atoms with Crippen LogP contribution in [0.4, 0.5) is 17.1 Å². The maximum Gasteiger partial charge on any atom is 0.137 e. The second kappa shape index (κ2) is 13.1. The molecular weight excluding hydrogens is 665 g/mol. The van der Waals surface area contributed by atoms with E-state index in [1.807, 2.05) is 6.07 Å². The molecule has 0 bridgehead atoms. The molecule has 3 nitrogen and oxygen atoms in total. The molecule has 0 aliphatic carbocycles. The minimum Gasteiger partial charge on any atom is -0.456 e. The molecule has 53 heavy (non-hydrogen) atoms. The van der Waals surface area contributed by atoms with Gasteiger partial charge in [-0.05, 0) is 82.4 Å². The van der Waals surface area contributed by atoms with E-state index >= 15 is 0 Å². The summed E-state index contributed by atoms with van der Waals surface area (Å²) in [4.78, 5) is 7.35. The third-order valence-corrected chi connectivity index (χ3v) is 11.1. The lowest BCUT2D eigenvalue weighted by Gasteiger charge is -2.28. The Kier molecular flexibility index (Phi) is 7.67. The molecule has 2 heterocycles. The molecule has 4 heteroatoms. The van der Waals surface area contributed by atoms with Gasteiger partial charge in [-0.25, -0.2) is 4.98 Å². The van der Waals surface area contributed by atoms with Gasteiger partial charge in [-0.2, -0.15) is 0 Å². The van der Waals surface area contributed by atoms with E-state index in [4.69, 9.17) is 9.40 Å².